The zero-order valence-corrected chi connectivity index (χ0v) is 5.63. The number of aromatic nitrogens is 1. The molecule has 0 radical (unpaired) electrons. The molecule has 11 heavy (non-hydrogen) atoms. The van der Waals surface area contributed by atoms with Crippen LogP contribution in [0.25, 0.3) is 22.2 Å². The fourth-order valence-electron chi connectivity index (χ4n) is 1.28. The summed E-state index contributed by atoms with van der Waals surface area (Å²) in [5, 5.41) is 1.08. The van der Waals surface area contributed by atoms with Crippen LogP contribution in [0.2, 0.25) is 0 Å². The SMILES string of the molecule is c1ccc2c(c1)[nH]c1ooc12. The summed E-state index contributed by atoms with van der Waals surface area (Å²) >= 11 is 0. The maximum absolute atomic E-state index is 4.80. The first-order valence-electron chi connectivity index (χ1n) is 3.40. The van der Waals surface area contributed by atoms with Crippen LogP contribution < -0.4 is 0 Å². The lowest BCUT2D eigenvalue weighted by Gasteiger charge is -1.87. The Kier molecular flexibility index (Phi) is 0.692. The molecule has 0 atom stereocenters. The first-order valence-corrected chi connectivity index (χ1v) is 3.40. The number of fused-ring (bicyclic) bond motifs is 3. The Hall–Kier alpha value is -1.64. The number of nitrogens with one attached hydrogen (secondary N) is 1. The van der Waals surface area contributed by atoms with E-state index >= 15 is 0 Å². The van der Waals surface area contributed by atoms with E-state index in [-0.39, 0.29) is 0 Å². The average Bonchev–Trinajstić information content (AvgIpc) is 2.23. The van der Waals surface area contributed by atoms with E-state index < -0.39 is 0 Å². The van der Waals surface area contributed by atoms with Gasteiger partial charge in [-0.2, -0.15) is 0 Å². The molecule has 0 aliphatic carbocycles. The van der Waals surface area contributed by atoms with E-state index in [9.17, 15) is 0 Å². The summed E-state index contributed by atoms with van der Waals surface area (Å²) in [6.07, 6.45) is 0. The van der Waals surface area contributed by atoms with Crippen LogP contribution in [0, 0.1) is 0 Å². The molecule has 0 aliphatic heterocycles. The Bertz CT molecular complexity index is 500. The van der Waals surface area contributed by atoms with Gasteiger partial charge in [-0.3, -0.25) is 9.15 Å². The molecule has 0 bridgehead atoms. The number of hydrogen-bond donors (Lipinski definition) is 1. The van der Waals surface area contributed by atoms with Gasteiger partial charge in [0, 0.05) is 0 Å². The summed E-state index contributed by atoms with van der Waals surface area (Å²) in [4.78, 5) is 3.07. The van der Waals surface area contributed by atoms with Crippen molar-refractivity contribution >= 4 is 22.2 Å². The zero-order chi connectivity index (χ0) is 7.26. The summed E-state index contributed by atoms with van der Waals surface area (Å²) in [5.74, 6) is 0. The molecule has 0 spiro atoms. The van der Waals surface area contributed by atoms with Crippen LogP contribution in [-0.4, -0.2) is 4.98 Å². The molecule has 2 aromatic heterocycles. The van der Waals surface area contributed by atoms with Gasteiger partial charge in [-0.05, 0) is 12.1 Å². The average molecular weight is 147 g/mol. The maximum Gasteiger partial charge on any atom is 0.296 e. The lowest BCUT2D eigenvalue weighted by Crippen LogP contribution is -1.66. The third-order valence-corrected chi connectivity index (χ3v) is 1.83. The molecule has 3 heteroatoms. The van der Waals surface area contributed by atoms with Crippen molar-refractivity contribution in [3.8, 4) is 0 Å². The molecule has 1 N–H and O–H groups in total. The number of hydrogen-bond acceptors (Lipinski definition) is 2. The predicted molar refractivity (Wildman–Crippen MR) is 40.3 cm³/mol. The number of H-pyrrole nitrogens is 1. The number of para-hydroxylation sites is 1. The summed E-state index contributed by atoms with van der Waals surface area (Å²) in [6.45, 7) is 0. The summed E-state index contributed by atoms with van der Waals surface area (Å²) < 4.78 is 9.50. The van der Waals surface area contributed by atoms with Crippen molar-refractivity contribution < 1.29 is 9.15 Å². The lowest BCUT2D eigenvalue weighted by atomic mass is 10.2. The zero-order valence-electron chi connectivity index (χ0n) is 5.63. The highest BCUT2D eigenvalue weighted by molar-refractivity contribution is 6.01. The standard InChI is InChI=1S/C8H5NO2/c1-2-4-6-5(3-1)7-8(9-6)11-10-7/h1-4,9H. The van der Waals surface area contributed by atoms with E-state index in [0.717, 1.165) is 22.2 Å². The Labute approximate surface area is 61.5 Å². The van der Waals surface area contributed by atoms with Gasteiger partial charge in [-0.1, -0.05) is 12.1 Å². The van der Waals surface area contributed by atoms with E-state index in [1.165, 1.54) is 0 Å². The molecule has 0 unspecified atom stereocenters. The Morgan fingerprint density at radius 2 is 2.00 bits per heavy atom. The molecule has 0 saturated heterocycles. The quantitative estimate of drug-likeness (QED) is 0.496. The maximum atomic E-state index is 4.80. The number of aromatic amines is 1. The Morgan fingerprint density at radius 3 is 2.82 bits per heavy atom. The van der Waals surface area contributed by atoms with Crippen LogP contribution in [0.15, 0.2) is 33.4 Å². The lowest BCUT2D eigenvalue weighted by molar-refractivity contribution is 0.0576. The highest BCUT2D eigenvalue weighted by Crippen LogP contribution is 2.27. The van der Waals surface area contributed by atoms with Gasteiger partial charge in [-0.25, -0.2) is 0 Å². The van der Waals surface area contributed by atoms with Crippen molar-refractivity contribution in [2.24, 2.45) is 0 Å². The summed E-state index contributed by atoms with van der Waals surface area (Å²) in [6, 6.07) is 7.92. The highest BCUT2D eigenvalue weighted by atomic mass is 17.0. The normalized spacial score (nSPS) is 11.6. The Morgan fingerprint density at radius 1 is 1.09 bits per heavy atom. The van der Waals surface area contributed by atoms with Crippen LogP contribution in [0.4, 0.5) is 0 Å². The summed E-state index contributed by atoms with van der Waals surface area (Å²) in [7, 11) is 0. The molecule has 54 valence electrons. The summed E-state index contributed by atoms with van der Waals surface area (Å²) in [5.41, 5.74) is 2.60. The highest BCUT2D eigenvalue weighted by Gasteiger charge is 2.11. The van der Waals surface area contributed by atoms with Crippen molar-refractivity contribution in [2.45, 2.75) is 0 Å². The number of rotatable bonds is 0. The first-order chi connectivity index (χ1) is 5.45. The fourth-order valence-corrected chi connectivity index (χ4v) is 1.28. The molecule has 0 saturated carbocycles. The van der Waals surface area contributed by atoms with Crippen LogP contribution in [0.1, 0.15) is 0 Å². The van der Waals surface area contributed by atoms with E-state index in [1.54, 1.807) is 0 Å². The molecule has 2 heterocycles. The van der Waals surface area contributed by atoms with Crippen molar-refractivity contribution in [1.82, 2.24) is 4.98 Å². The van der Waals surface area contributed by atoms with Crippen LogP contribution in [-0.2, 0) is 0 Å². The second-order valence-corrected chi connectivity index (χ2v) is 2.50. The van der Waals surface area contributed by atoms with Gasteiger partial charge in [0.2, 0.25) is 0 Å². The third kappa shape index (κ3) is 0.487. The molecule has 1 aromatic carbocycles. The number of benzene rings is 1. The largest absolute Gasteiger partial charge is 0.318 e. The predicted octanol–water partition coefficient (Wildman–Crippen LogP) is 2.51. The van der Waals surface area contributed by atoms with Crippen molar-refractivity contribution in [1.29, 1.82) is 0 Å². The van der Waals surface area contributed by atoms with E-state index in [2.05, 4.69) is 4.98 Å². The van der Waals surface area contributed by atoms with Gasteiger partial charge in [-0.15, -0.1) is 0 Å². The first kappa shape index (κ1) is 5.07. The minimum Gasteiger partial charge on any atom is -0.318 e. The minimum absolute atomic E-state index is 0.728. The van der Waals surface area contributed by atoms with Crippen molar-refractivity contribution in [3.63, 3.8) is 0 Å². The topological polar surface area (TPSA) is 42.1 Å². The second kappa shape index (κ2) is 1.50. The van der Waals surface area contributed by atoms with Gasteiger partial charge in [0.1, 0.15) is 0 Å². The Balaban J connectivity index is 2.68. The molecule has 0 fully saturated rings. The van der Waals surface area contributed by atoms with Gasteiger partial charge < -0.3 is 4.98 Å². The van der Waals surface area contributed by atoms with Crippen LogP contribution in [0.5, 0.6) is 0 Å². The molecule has 3 rings (SSSR count). The van der Waals surface area contributed by atoms with Gasteiger partial charge in [0.05, 0.1) is 10.9 Å². The van der Waals surface area contributed by atoms with Crippen LogP contribution >= 0.6 is 0 Å². The van der Waals surface area contributed by atoms with Crippen molar-refractivity contribution in [2.75, 3.05) is 0 Å². The van der Waals surface area contributed by atoms with Crippen molar-refractivity contribution in [3.05, 3.63) is 24.3 Å². The third-order valence-electron chi connectivity index (χ3n) is 1.83. The van der Waals surface area contributed by atoms with E-state index in [4.69, 9.17) is 9.15 Å². The molecular weight excluding hydrogens is 142 g/mol. The molecule has 0 aliphatic rings. The fraction of sp³-hybridized carbons (Fsp3) is 0. The molecule has 0 amide bonds. The van der Waals surface area contributed by atoms with E-state index in [1.807, 2.05) is 24.3 Å². The van der Waals surface area contributed by atoms with Crippen LogP contribution in [0.3, 0.4) is 0 Å². The smallest absolute Gasteiger partial charge is 0.296 e. The molecule has 3 nitrogen and oxygen atoms in total. The molecule has 3 aromatic rings. The van der Waals surface area contributed by atoms with Gasteiger partial charge in [0.15, 0.2) is 0 Å². The van der Waals surface area contributed by atoms with Gasteiger partial charge >= 0.3 is 0 Å². The molecular formula is C8H5NO2. The van der Waals surface area contributed by atoms with E-state index in [0.29, 0.717) is 0 Å². The minimum atomic E-state index is 0.728. The van der Waals surface area contributed by atoms with Gasteiger partial charge in [0.25, 0.3) is 11.3 Å². The second-order valence-electron chi connectivity index (χ2n) is 2.50. The monoisotopic (exact) mass is 147 g/mol.